The molecule has 4 unspecified atom stereocenters. The molecule has 3 aromatic heterocycles. The molecule has 6 rings (SSSR count). The number of aromatic nitrogens is 5. The fraction of sp³-hybridized carbons (Fsp3) is 0.417. The van der Waals surface area contributed by atoms with Crippen molar-refractivity contribution in [1.82, 2.24) is 24.7 Å². The van der Waals surface area contributed by atoms with Crippen LogP contribution < -0.4 is 5.73 Å². The van der Waals surface area contributed by atoms with Gasteiger partial charge in [0.25, 0.3) is 0 Å². The van der Waals surface area contributed by atoms with Gasteiger partial charge in [-0.05, 0) is 67.5 Å². The van der Waals surface area contributed by atoms with Gasteiger partial charge in [0.05, 0.1) is 16.1 Å². The summed E-state index contributed by atoms with van der Waals surface area (Å²) in [4.78, 5) is 10.4. The van der Waals surface area contributed by atoms with Crippen LogP contribution in [0.1, 0.15) is 44.5 Å². The molecule has 0 amide bonds. The lowest BCUT2D eigenvalue weighted by Crippen LogP contribution is -2.23. The largest absolute Gasteiger partial charge is 0.383 e. The Bertz CT molecular complexity index is 1250. The molecule has 4 aromatic rings. The summed E-state index contributed by atoms with van der Waals surface area (Å²) in [5.41, 5.74) is 7.08. The zero-order chi connectivity index (χ0) is 21.7. The lowest BCUT2D eigenvalue weighted by atomic mass is 9.84. The highest BCUT2D eigenvalue weighted by Gasteiger charge is 2.43. The fourth-order valence-electron chi connectivity index (χ4n) is 5.74. The smallest absolute Gasteiger partial charge is 0.192 e. The van der Waals surface area contributed by atoms with Crippen molar-refractivity contribution in [1.29, 1.82) is 0 Å². The number of nitrogen functional groups attached to an aromatic ring is 1. The molecule has 2 fully saturated rings. The van der Waals surface area contributed by atoms with E-state index in [1.165, 1.54) is 30.6 Å². The van der Waals surface area contributed by atoms with Crippen LogP contribution in [0.3, 0.4) is 0 Å². The molecule has 2 aliphatic rings. The number of anilines is 1. The molecule has 4 atom stereocenters. The SMILES string of the molecule is CC(C1CC2CCC1C2)n1c(SCc2nc(N)c3ccccc3n2)nnc1-c1cccs1. The Balaban J connectivity index is 1.32. The van der Waals surface area contributed by atoms with Gasteiger partial charge in [0.1, 0.15) is 11.6 Å². The van der Waals surface area contributed by atoms with Crippen molar-refractivity contribution in [3.63, 3.8) is 0 Å². The molecule has 2 bridgehead atoms. The molecule has 2 aliphatic carbocycles. The molecule has 0 radical (unpaired) electrons. The molecular weight excluding hydrogens is 436 g/mol. The molecule has 0 spiro atoms. The second kappa shape index (κ2) is 8.15. The highest BCUT2D eigenvalue weighted by molar-refractivity contribution is 7.98. The van der Waals surface area contributed by atoms with Gasteiger partial charge >= 0.3 is 0 Å². The van der Waals surface area contributed by atoms with E-state index in [0.29, 0.717) is 23.5 Å². The van der Waals surface area contributed by atoms with Gasteiger partial charge in [-0.15, -0.1) is 21.5 Å². The molecule has 32 heavy (non-hydrogen) atoms. The predicted molar refractivity (Wildman–Crippen MR) is 130 cm³/mol. The van der Waals surface area contributed by atoms with Crippen LogP contribution in [0.15, 0.2) is 46.9 Å². The van der Waals surface area contributed by atoms with Crippen LogP contribution in [0.5, 0.6) is 0 Å². The summed E-state index contributed by atoms with van der Waals surface area (Å²) in [7, 11) is 0. The van der Waals surface area contributed by atoms with Gasteiger partial charge in [-0.1, -0.05) is 36.4 Å². The molecule has 2 saturated carbocycles. The number of fused-ring (bicyclic) bond motifs is 3. The number of para-hydroxylation sites is 1. The van der Waals surface area contributed by atoms with Crippen LogP contribution in [0, 0.1) is 17.8 Å². The molecule has 164 valence electrons. The number of nitrogens with zero attached hydrogens (tertiary/aromatic N) is 5. The van der Waals surface area contributed by atoms with Crippen molar-refractivity contribution in [3.8, 4) is 10.7 Å². The number of thiophene rings is 1. The molecule has 0 aliphatic heterocycles. The zero-order valence-corrected chi connectivity index (χ0v) is 19.6. The number of benzene rings is 1. The first-order valence-corrected chi connectivity index (χ1v) is 13.2. The van der Waals surface area contributed by atoms with Gasteiger partial charge in [0, 0.05) is 11.4 Å². The summed E-state index contributed by atoms with van der Waals surface area (Å²) < 4.78 is 2.38. The third-order valence-electron chi connectivity index (χ3n) is 7.24. The van der Waals surface area contributed by atoms with Crippen molar-refractivity contribution >= 4 is 39.8 Å². The lowest BCUT2D eigenvalue weighted by molar-refractivity contribution is 0.235. The van der Waals surface area contributed by atoms with Crippen LogP contribution in [0.4, 0.5) is 5.82 Å². The molecule has 0 saturated heterocycles. The van der Waals surface area contributed by atoms with Crippen molar-refractivity contribution in [2.75, 3.05) is 5.73 Å². The maximum Gasteiger partial charge on any atom is 0.192 e. The maximum atomic E-state index is 6.20. The Kier molecular flexibility index (Phi) is 5.14. The third-order valence-corrected chi connectivity index (χ3v) is 9.04. The Morgan fingerprint density at radius 2 is 2.03 bits per heavy atom. The van der Waals surface area contributed by atoms with Gasteiger partial charge in [0.15, 0.2) is 11.0 Å². The highest BCUT2D eigenvalue weighted by atomic mass is 32.2. The van der Waals surface area contributed by atoms with E-state index in [9.17, 15) is 0 Å². The molecule has 6 nitrogen and oxygen atoms in total. The summed E-state index contributed by atoms with van der Waals surface area (Å²) in [5, 5.41) is 13.2. The zero-order valence-electron chi connectivity index (χ0n) is 18.0. The number of thioether (sulfide) groups is 1. The average Bonchev–Trinajstić information content (AvgIpc) is 3.61. The van der Waals surface area contributed by atoms with Gasteiger partial charge in [-0.3, -0.25) is 4.57 Å². The number of hydrogen-bond acceptors (Lipinski definition) is 7. The maximum absolute atomic E-state index is 6.20. The summed E-state index contributed by atoms with van der Waals surface area (Å²) in [6.45, 7) is 2.36. The van der Waals surface area contributed by atoms with E-state index < -0.39 is 0 Å². The van der Waals surface area contributed by atoms with E-state index in [2.05, 4.69) is 44.2 Å². The van der Waals surface area contributed by atoms with Gasteiger partial charge in [-0.2, -0.15) is 0 Å². The normalized spacial score (nSPS) is 23.2. The van der Waals surface area contributed by atoms with E-state index in [1.807, 2.05) is 24.3 Å². The molecule has 2 N–H and O–H groups in total. The standard InChI is InChI=1S/C24H26N6S2/c1-14(18-12-15-8-9-16(18)11-15)30-23(20-7-4-10-31-20)28-29-24(30)32-13-21-26-19-6-3-2-5-17(19)22(25)27-21/h2-7,10,14-16,18H,8-9,11-13H2,1H3,(H2,25,26,27). The predicted octanol–water partition coefficient (Wildman–Crippen LogP) is 5.82. The first kappa shape index (κ1) is 20.2. The minimum Gasteiger partial charge on any atom is -0.383 e. The monoisotopic (exact) mass is 462 g/mol. The summed E-state index contributed by atoms with van der Waals surface area (Å²) in [5.74, 6) is 5.32. The summed E-state index contributed by atoms with van der Waals surface area (Å²) >= 11 is 3.38. The van der Waals surface area contributed by atoms with E-state index in [0.717, 1.165) is 39.5 Å². The average molecular weight is 463 g/mol. The molecule has 3 heterocycles. The second-order valence-electron chi connectivity index (χ2n) is 9.06. The minimum atomic E-state index is 0.377. The topological polar surface area (TPSA) is 82.5 Å². The molecular formula is C24H26N6S2. The number of rotatable bonds is 6. The third kappa shape index (κ3) is 3.49. The van der Waals surface area contributed by atoms with Crippen molar-refractivity contribution in [2.24, 2.45) is 17.8 Å². The Hall–Kier alpha value is -2.45. The van der Waals surface area contributed by atoms with Crippen LogP contribution in [0.25, 0.3) is 21.6 Å². The van der Waals surface area contributed by atoms with Crippen LogP contribution in [-0.2, 0) is 5.75 Å². The van der Waals surface area contributed by atoms with E-state index >= 15 is 0 Å². The van der Waals surface area contributed by atoms with Gasteiger partial charge in [-0.25, -0.2) is 9.97 Å². The molecule has 1 aromatic carbocycles. The number of hydrogen-bond donors (Lipinski definition) is 1. The Morgan fingerprint density at radius 3 is 2.81 bits per heavy atom. The fourth-order valence-corrected chi connectivity index (χ4v) is 7.32. The van der Waals surface area contributed by atoms with E-state index in [4.69, 9.17) is 10.7 Å². The summed E-state index contributed by atoms with van der Waals surface area (Å²) in [6, 6.07) is 12.5. The highest BCUT2D eigenvalue weighted by Crippen LogP contribution is 2.53. The van der Waals surface area contributed by atoms with Crippen molar-refractivity contribution in [3.05, 3.63) is 47.6 Å². The summed E-state index contributed by atoms with van der Waals surface area (Å²) in [6.07, 6.45) is 5.53. The lowest BCUT2D eigenvalue weighted by Gasteiger charge is -2.30. The number of nitrogens with two attached hydrogens (primary N) is 1. The van der Waals surface area contributed by atoms with Crippen molar-refractivity contribution < 1.29 is 0 Å². The van der Waals surface area contributed by atoms with E-state index in [1.54, 1.807) is 23.1 Å². The van der Waals surface area contributed by atoms with Crippen LogP contribution in [-0.4, -0.2) is 24.7 Å². The first-order valence-electron chi connectivity index (χ1n) is 11.3. The second-order valence-corrected chi connectivity index (χ2v) is 11.0. The first-order chi connectivity index (χ1) is 15.7. The molecule has 8 heteroatoms. The van der Waals surface area contributed by atoms with Crippen LogP contribution >= 0.6 is 23.1 Å². The van der Waals surface area contributed by atoms with Gasteiger partial charge in [0.2, 0.25) is 0 Å². The Morgan fingerprint density at radius 1 is 1.12 bits per heavy atom. The quantitative estimate of drug-likeness (QED) is 0.364. The van der Waals surface area contributed by atoms with Crippen molar-refractivity contribution in [2.45, 2.75) is 49.6 Å². The Labute approximate surface area is 195 Å². The van der Waals surface area contributed by atoms with E-state index in [-0.39, 0.29) is 0 Å². The minimum absolute atomic E-state index is 0.377. The van der Waals surface area contributed by atoms with Gasteiger partial charge < -0.3 is 5.73 Å². The van der Waals surface area contributed by atoms with Crippen LogP contribution in [0.2, 0.25) is 0 Å².